The summed E-state index contributed by atoms with van der Waals surface area (Å²) in [5, 5.41) is 0. The minimum Gasteiger partial charge on any atom is -0.341 e. The zero-order valence-electron chi connectivity index (χ0n) is 7.17. The van der Waals surface area contributed by atoms with E-state index in [0.29, 0.717) is 5.52 Å². The minimum absolute atomic E-state index is 0.263. The van der Waals surface area contributed by atoms with Gasteiger partial charge in [0.15, 0.2) is 5.82 Å². The number of aromatic nitrogens is 2. The highest BCUT2D eigenvalue weighted by Gasteiger charge is 2.05. The van der Waals surface area contributed by atoms with Gasteiger partial charge in [-0.3, -0.25) is 0 Å². The van der Waals surface area contributed by atoms with Crippen molar-refractivity contribution in [3.05, 3.63) is 29.8 Å². The lowest BCUT2D eigenvalue weighted by Gasteiger charge is -1.86. The Hall–Kier alpha value is -1.03. The molecule has 1 aromatic carbocycles. The van der Waals surface area contributed by atoms with Gasteiger partial charge in [-0.25, -0.2) is 9.37 Å². The zero-order chi connectivity index (χ0) is 9.26. The van der Waals surface area contributed by atoms with Crippen LogP contribution in [0.2, 0.25) is 0 Å². The third kappa shape index (κ3) is 1.54. The standard InChI is InChI=1S/C9H9FN2S/c1-13-5-8-11-7-4-2-3-6(10)9(7)12-8/h2-4H,5H2,1H3,(H,11,12). The number of hydrogen-bond acceptors (Lipinski definition) is 2. The van der Waals surface area contributed by atoms with Crippen molar-refractivity contribution in [1.82, 2.24) is 9.97 Å². The van der Waals surface area contributed by atoms with Crippen LogP contribution in [-0.4, -0.2) is 16.2 Å². The average Bonchev–Trinajstić information content (AvgIpc) is 2.49. The van der Waals surface area contributed by atoms with E-state index >= 15 is 0 Å². The molecule has 2 nitrogen and oxygen atoms in total. The molecule has 0 spiro atoms. The maximum absolute atomic E-state index is 13.2. The first-order valence-electron chi connectivity index (χ1n) is 3.93. The third-order valence-corrected chi connectivity index (χ3v) is 2.36. The molecule has 0 saturated carbocycles. The van der Waals surface area contributed by atoms with Crippen LogP contribution in [0.25, 0.3) is 11.0 Å². The number of nitrogens with one attached hydrogen (secondary N) is 1. The number of H-pyrrole nitrogens is 1. The summed E-state index contributed by atoms with van der Waals surface area (Å²) >= 11 is 1.66. The highest BCUT2D eigenvalue weighted by molar-refractivity contribution is 7.97. The number of halogens is 1. The first kappa shape index (κ1) is 8.56. The molecule has 1 N–H and O–H groups in total. The molecule has 1 aromatic heterocycles. The van der Waals surface area contributed by atoms with E-state index < -0.39 is 0 Å². The van der Waals surface area contributed by atoms with Crippen molar-refractivity contribution in [2.45, 2.75) is 5.75 Å². The van der Waals surface area contributed by atoms with Crippen molar-refractivity contribution >= 4 is 22.8 Å². The van der Waals surface area contributed by atoms with Crippen molar-refractivity contribution in [3.63, 3.8) is 0 Å². The lowest BCUT2D eigenvalue weighted by atomic mass is 10.3. The third-order valence-electron chi connectivity index (χ3n) is 1.79. The second-order valence-electron chi connectivity index (χ2n) is 2.75. The van der Waals surface area contributed by atoms with Crippen LogP contribution in [0.15, 0.2) is 18.2 Å². The summed E-state index contributed by atoms with van der Waals surface area (Å²) in [6.07, 6.45) is 1.99. The maximum Gasteiger partial charge on any atom is 0.151 e. The van der Waals surface area contributed by atoms with Crippen LogP contribution in [0.1, 0.15) is 5.82 Å². The molecule has 0 radical (unpaired) electrons. The molecule has 0 saturated heterocycles. The van der Waals surface area contributed by atoms with Gasteiger partial charge in [-0.1, -0.05) is 6.07 Å². The van der Waals surface area contributed by atoms with E-state index in [0.717, 1.165) is 17.1 Å². The quantitative estimate of drug-likeness (QED) is 0.799. The normalized spacial score (nSPS) is 10.9. The van der Waals surface area contributed by atoms with E-state index in [1.165, 1.54) is 6.07 Å². The van der Waals surface area contributed by atoms with Crippen molar-refractivity contribution < 1.29 is 4.39 Å². The SMILES string of the molecule is CSCc1nc2c(F)cccc2[nH]1. The van der Waals surface area contributed by atoms with Crippen molar-refractivity contribution in [2.24, 2.45) is 0 Å². The first-order valence-corrected chi connectivity index (χ1v) is 5.32. The van der Waals surface area contributed by atoms with Crippen LogP contribution >= 0.6 is 11.8 Å². The lowest BCUT2D eigenvalue weighted by Crippen LogP contribution is -1.81. The maximum atomic E-state index is 13.2. The second-order valence-corrected chi connectivity index (χ2v) is 3.62. The van der Waals surface area contributed by atoms with Gasteiger partial charge in [0.2, 0.25) is 0 Å². The molecule has 2 aromatic rings. The van der Waals surface area contributed by atoms with Gasteiger partial charge in [-0.15, -0.1) is 0 Å². The van der Waals surface area contributed by atoms with Crippen LogP contribution < -0.4 is 0 Å². The van der Waals surface area contributed by atoms with Gasteiger partial charge in [-0.05, 0) is 18.4 Å². The van der Waals surface area contributed by atoms with Crippen molar-refractivity contribution in [2.75, 3.05) is 6.26 Å². The summed E-state index contributed by atoms with van der Waals surface area (Å²) in [6, 6.07) is 4.93. The van der Waals surface area contributed by atoms with Gasteiger partial charge in [0.25, 0.3) is 0 Å². The monoisotopic (exact) mass is 196 g/mol. The van der Waals surface area contributed by atoms with Crippen LogP contribution in [0, 0.1) is 5.82 Å². The van der Waals surface area contributed by atoms with Crippen molar-refractivity contribution in [1.29, 1.82) is 0 Å². The van der Waals surface area contributed by atoms with E-state index in [4.69, 9.17) is 0 Å². The average molecular weight is 196 g/mol. The molecule has 68 valence electrons. The minimum atomic E-state index is -0.263. The number of thioether (sulfide) groups is 1. The van der Waals surface area contributed by atoms with E-state index in [9.17, 15) is 4.39 Å². The predicted molar refractivity (Wildman–Crippen MR) is 53.3 cm³/mol. The summed E-state index contributed by atoms with van der Waals surface area (Å²) in [5.74, 6) is 1.35. The van der Waals surface area contributed by atoms with Crippen molar-refractivity contribution in [3.8, 4) is 0 Å². The number of nitrogens with zero attached hydrogens (tertiary/aromatic N) is 1. The Morgan fingerprint density at radius 3 is 3.08 bits per heavy atom. The highest BCUT2D eigenvalue weighted by atomic mass is 32.2. The topological polar surface area (TPSA) is 28.7 Å². The van der Waals surface area contributed by atoms with Crippen LogP contribution in [0.4, 0.5) is 4.39 Å². The van der Waals surface area contributed by atoms with Gasteiger partial charge in [0.05, 0.1) is 11.3 Å². The Morgan fingerprint density at radius 2 is 2.38 bits per heavy atom. The van der Waals surface area contributed by atoms with Crippen LogP contribution in [0.3, 0.4) is 0 Å². The van der Waals surface area contributed by atoms with Crippen LogP contribution in [0.5, 0.6) is 0 Å². The molecular weight excluding hydrogens is 187 g/mol. The Kier molecular flexibility index (Phi) is 2.22. The number of rotatable bonds is 2. The summed E-state index contributed by atoms with van der Waals surface area (Å²) in [7, 11) is 0. The first-order chi connectivity index (χ1) is 6.31. The van der Waals surface area contributed by atoms with Crippen LogP contribution in [-0.2, 0) is 5.75 Å². The number of imidazole rings is 1. The number of fused-ring (bicyclic) bond motifs is 1. The molecule has 0 aliphatic heterocycles. The van der Waals surface area contributed by atoms with Gasteiger partial charge >= 0.3 is 0 Å². The molecular formula is C9H9FN2S. The Morgan fingerprint density at radius 1 is 1.54 bits per heavy atom. The number of para-hydroxylation sites is 1. The van der Waals surface area contributed by atoms with E-state index in [2.05, 4.69) is 9.97 Å². The lowest BCUT2D eigenvalue weighted by molar-refractivity contribution is 0.637. The molecule has 0 bridgehead atoms. The molecule has 2 rings (SSSR count). The van der Waals surface area contributed by atoms with E-state index in [1.807, 2.05) is 12.3 Å². The fraction of sp³-hybridized carbons (Fsp3) is 0.222. The molecule has 0 aliphatic carbocycles. The van der Waals surface area contributed by atoms with E-state index in [1.54, 1.807) is 17.8 Å². The largest absolute Gasteiger partial charge is 0.341 e. The summed E-state index contributed by atoms with van der Waals surface area (Å²) in [5.41, 5.74) is 1.20. The molecule has 1 heterocycles. The van der Waals surface area contributed by atoms with Gasteiger partial charge < -0.3 is 4.98 Å². The van der Waals surface area contributed by atoms with Gasteiger partial charge in [-0.2, -0.15) is 11.8 Å². The summed E-state index contributed by atoms with van der Waals surface area (Å²) in [4.78, 5) is 7.22. The van der Waals surface area contributed by atoms with Gasteiger partial charge in [0, 0.05) is 0 Å². The Bertz CT molecular complexity index is 424. The number of benzene rings is 1. The molecule has 13 heavy (non-hydrogen) atoms. The van der Waals surface area contributed by atoms with Gasteiger partial charge in [0.1, 0.15) is 11.3 Å². The molecule has 0 unspecified atom stereocenters. The highest BCUT2D eigenvalue weighted by Crippen LogP contribution is 2.16. The molecule has 0 atom stereocenters. The fourth-order valence-corrected chi connectivity index (χ4v) is 1.66. The summed E-state index contributed by atoms with van der Waals surface area (Å²) < 4.78 is 13.2. The number of aromatic amines is 1. The molecule has 0 aliphatic rings. The number of hydrogen-bond donors (Lipinski definition) is 1. The smallest absolute Gasteiger partial charge is 0.151 e. The second kappa shape index (κ2) is 3.38. The zero-order valence-corrected chi connectivity index (χ0v) is 7.99. The molecule has 0 amide bonds. The molecule has 0 fully saturated rings. The molecule has 4 heteroatoms. The van der Waals surface area contributed by atoms with E-state index in [-0.39, 0.29) is 5.82 Å². The predicted octanol–water partition coefficient (Wildman–Crippen LogP) is 2.56. The fourth-order valence-electron chi connectivity index (χ4n) is 1.25. The Balaban J connectivity index is 2.55. The summed E-state index contributed by atoms with van der Waals surface area (Å²) in [6.45, 7) is 0. The Labute approximate surface area is 79.6 Å².